The molecule has 1 aromatic rings. The fourth-order valence-electron chi connectivity index (χ4n) is 2.09. The minimum absolute atomic E-state index is 0. The van der Waals surface area contributed by atoms with Crippen molar-refractivity contribution in [3.05, 3.63) is 24.3 Å². The van der Waals surface area contributed by atoms with Crippen molar-refractivity contribution in [1.29, 1.82) is 0 Å². The Morgan fingerprint density at radius 3 is 2.76 bits per heavy atom. The number of carbonyl (C=O) groups is 1. The average molecular weight is 315 g/mol. The lowest BCUT2D eigenvalue weighted by Crippen LogP contribution is -2.16. The first kappa shape index (κ1) is 17.8. The van der Waals surface area contributed by atoms with E-state index in [2.05, 4.69) is 5.32 Å². The molecule has 0 aromatic heterocycles. The van der Waals surface area contributed by atoms with E-state index < -0.39 is 0 Å². The molecule has 1 heterocycles. The van der Waals surface area contributed by atoms with Crippen molar-refractivity contribution in [1.82, 2.24) is 0 Å². The second-order valence-corrected chi connectivity index (χ2v) is 4.91. The van der Waals surface area contributed by atoms with Gasteiger partial charge in [-0.15, -0.1) is 12.4 Å². The summed E-state index contributed by atoms with van der Waals surface area (Å²) >= 11 is 0. The molecule has 1 unspecified atom stereocenters. The highest BCUT2D eigenvalue weighted by Crippen LogP contribution is 2.18. The molecule has 0 aliphatic carbocycles. The summed E-state index contributed by atoms with van der Waals surface area (Å²) in [4.78, 5) is 11.5. The normalized spacial score (nSPS) is 17.1. The molecular weight excluding hydrogens is 292 g/mol. The van der Waals surface area contributed by atoms with Crippen molar-refractivity contribution in [3.63, 3.8) is 0 Å². The second kappa shape index (κ2) is 9.60. The van der Waals surface area contributed by atoms with Gasteiger partial charge in [-0.25, -0.2) is 0 Å². The van der Waals surface area contributed by atoms with E-state index in [4.69, 9.17) is 15.2 Å². The Morgan fingerprint density at radius 1 is 1.38 bits per heavy atom. The molecule has 1 saturated heterocycles. The van der Waals surface area contributed by atoms with E-state index in [1.807, 2.05) is 24.3 Å². The zero-order chi connectivity index (χ0) is 14.2. The third-order valence-electron chi connectivity index (χ3n) is 3.21. The van der Waals surface area contributed by atoms with Crippen LogP contribution in [0.4, 0.5) is 5.69 Å². The van der Waals surface area contributed by atoms with Gasteiger partial charge in [-0.2, -0.15) is 0 Å². The standard InChI is InChI=1S/C15H22N2O3.ClH/c16-9-1-4-15(18)17-12-5-7-13(8-6-12)20-11-14-3-2-10-19-14;/h5-8,14H,1-4,9-11,16H2,(H,17,18);1H. The van der Waals surface area contributed by atoms with E-state index >= 15 is 0 Å². The Morgan fingerprint density at radius 2 is 2.14 bits per heavy atom. The van der Waals surface area contributed by atoms with Gasteiger partial charge in [0.2, 0.25) is 5.91 Å². The van der Waals surface area contributed by atoms with Gasteiger partial charge in [0.1, 0.15) is 12.4 Å². The number of anilines is 1. The number of hydrogen-bond acceptors (Lipinski definition) is 4. The molecule has 0 radical (unpaired) electrons. The van der Waals surface area contributed by atoms with Gasteiger partial charge in [-0.3, -0.25) is 4.79 Å². The Bertz CT molecular complexity index is 419. The summed E-state index contributed by atoms with van der Waals surface area (Å²) < 4.78 is 11.2. The SMILES string of the molecule is Cl.NCCCC(=O)Nc1ccc(OCC2CCCO2)cc1. The van der Waals surface area contributed by atoms with Crippen LogP contribution >= 0.6 is 12.4 Å². The number of hydrogen-bond donors (Lipinski definition) is 2. The van der Waals surface area contributed by atoms with Gasteiger partial charge in [-0.05, 0) is 50.1 Å². The molecule has 0 bridgehead atoms. The fourth-order valence-corrected chi connectivity index (χ4v) is 2.09. The van der Waals surface area contributed by atoms with Crippen molar-refractivity contribution in [3.8, 4) is 5.75 Å². The third kappa shape index (κ3) is 6.33. The van der Waals surface area contributed by atoms with E-state index in [0.29, 0.717) is 26.0 Å². The van der Waals surface area contributed by atoms with E-state index in [1.54, 1.807) is 0 Å². The Kier molecular flexibility index (Phi) is 8.12. The molecule has 21 heavy (non-hydrogen) atoms. The van der Waals surface area contributed by atoms with Gasteiger partial charge >= 0.3 is 0 Å². The summed E-state index contributed by atoms with van der Waals surface area (Å²) in [6.07, 6.45) is 3.55. The quantitative estimate of drug-likeness (QED) is 0.810. The summed E-state index contributed by atoms with van der Waals surface area (Å²) in [6, 6.07) is 7.39. The molecule has 1 aliphatic rings. The van der Waals surface area contributed by atoms with E-state index in [0.717, 1.165) is 30.9 Å². The van der Waals surface area contributed by atoms with Gasteiger partial charge in [0.15, 0.2) is 0 Å². The zero-order valence-electron chi connectivity index (χ0n) is 12.0. The predicted octanol–water partition coefficient (Wildman–Crippen LogP) is 2.34. The minimum Gasteiger partial charge on any atom is -0.491 e. The molecule has 5 nitrogen and oxygen atoms in total. The molecule has 1 fully saturated rings. The molecule has 1 amide bonds. The number of nitrogens with two attached hydrogens (primary N) is 1. The first-order valence-corrected chi connectivity index (χ1v) is 7.12. The molecular formula is C15H23ClN2O3. The molecule has 1 atom stereocenters. The highest BCUT2D eigenvalue weighted by molar-refractivity contribution is 5.90. The largest absolute Gasteiger partial charge is 0.491 e. The van der Waals surface area contributed by atoms with Gasteiger partial charge < -0.3 is 20.5 Å². The van der Waals surface area contributed by atoms with E-state index in [1.165, 1.54) is 0 Å². The zero-order valence-corrected chi connectivity index (χ0v) is 12.9. The minimum atomic E-state index is -0.0107. The fraction of sp³-hybridized carbons (Fsp3) is 0.533. The lowest BCUT2D eigenvalue weighted by molar-refractivity contribution is -0.116. The average Bonchev–Trinajstić information content (AvgIpc) is 2.98. The number of benzene rings is 1. The number of carbonyl (C=O) groups excluding carboxylic acids is 1. The predicted molar refractivity (Wildman–Crippen MR) is 85.1 cm³/mol. The summed E-state index contributed by atoms with van der Waals surface area (Å²) in [6.45, 7) is 1.95. The molecule has 1 aliphatic heterocycles. The van der Waals surface area contributed by atoms with Crippen LogP contribution in [0.25, 0.3) is 0 Å². The van der Waals surface area contributed by atoms with Gasteiger partial charge in [0.05, 0.1) is 6.10 Å². The maximum atomic E-state index is 11.5. The summed E-state index contributed by atoms with van der Waals surface area (Å²) in [5, 5.41) is 2.83. The third-order valence-corrected chi connectivity index (χ3v) is 3.21. The number of rotatable bonds is 7. The lowest BCUT2D eigenvalue weighted by atomic mass is 10.2. The van der Waals surface area contributed by atoms with Crippen LogP contribution in [0.2, 0.25) is 0 Å². The lowest BCUT2D eigenvalue weighted by Gasteiger charge is -2.12. The topological polar surface area (TPSA) is 73.6 Å². The van der Waals surface area contributed by atoms with Crippen molar-refractivity contribution in [2.24, 2.45) is 5.73 Å². The maximum Gasteiger partial charge on any atom is 0.224 e. The highest BCUT2D eigenvalue weighted by atomic mass is 35.5. The number of amides is 1. The Balaban J connectivity index is 0.00000220. The van der Waals surface area contributed by atoms with E-state index in [9.17, 15) is 4.79 Å². The number of nitrogens with one attached hydrogen (secondary N) is 1. The van der Waals surface area contributed by atoms with Crippen molar-refractivity contribution >= 4 is 24.0 Å². The molecule has 6 heteroatoms. The second-order valence-electron chi connectivity index (χ2n) is 4.91. The molecule has 0 saturated carbocycles. The maximum absolute atomic E-state index is 11.5. The number of ether oxygens (including phenoxy) is 2. The summed E-state index contributed by atoms with van der Waals surface area (Å²) in [7, 11) is 0. The highest BCUT2D eigenvalue weighted by Gasteiger charge is 2.15. The van der Waals surface area contributed by atoms with Crippen LogP contribution in [0.1, 0.15) is 25.7 Å². The molecule has 2 rings (SSSR count). The first-order chi connectivity index (χ1) is 9.78. The van der Waals surface area contributed by atoms with Crippen molar-refractivity contribution in [2.75, 3.05) is 25.1 Å². The van der Waals surface area contributed by atoms with Crippen molar-refractivity contribution in [2.45, 2.75) is 31.8 Å². The van der Waals surface area contributed by atoms with Gasteiger partial charge in [0, 0.05) is 18.7 Å². The van der Waals surface area contributed by atoms with Gasteiger partial charge in [-0.1, -0.05) is 0 Å². The van der Waals surface area contributed by atoms with Crippen LogP contribution in [-0.4, -0.2) is 31.8 Å². The van der Waals surface area contributed by atoms with Gasteiger partial charge in [0.25, 0.3) is 0 Å². The van der Waals surface area contributed by atoms with Crippen LogP contribution in [0, 0.1) is 0 Å². The smallest absolute Gasteiger partial charge is 0.224 e. The molecule has 0 spiro atoms. The van der Waals surface area contributed by atoms with Crippen LogP contribution in [0.3, 0.4) is 0 Å². The molecule has 3 N–H and O–H groups in total. The molecule has 118 valence electrons. The monoisotopic (exact) mass is 314 g/mol. The van der Waals surface area contributed by atoms with Crippen LogP contribution in [-0.2, 0) is 9.53 Å². The summed E-state index contributed by atoms with van der Waals surface area (Å²) in [5.74, 6) is 0.781. The van der Waals surface area contributed by atoms with E-state index in [-0.39, 0.29) is 24.4 Å². The van der Waals surface area contributed by atoms with Crippen LogP contribution < -0.4 is 15.8 Å². The molecule has 1 aromatic carbocycles. The van der Waals surface area contributed by atoms with Crippen LogP contribution in [0.5, 0.6) is 5.75 Å². The Hall–Kier alpha value is -1.30. The van der Waals surface area contributed by atoms with Crippen molar-refractivity contribution < 1.29 is 14.3 Å². The summed E-state index contributed by atoms with van der Waals surface area (Å²) in [5.41, 5.74) is 6.14. The Labute approximate surface area is 131 Å². The van der Waals surface area contributed by atoms with Crippen LogP contribution in [0.15, 0.2) is 24.3 Å². The first-order valence-electron chi connectivity index (χ1n) is 7.12. The number of halogens is 1.